The van der Waals surface area contributed by atoms with Crippen LogP contribution in [0.4, 0.5) is 0 Å². The van der Waals surface area contributed by atoms with Gasteiger partial charge in [-0.15, -0.1) is 0 Å². The standard InChI is InChI=1S/C10H22BrNO2/c1-2-3-10(8-11)9-12(4-6-13)5-7-14/h10,13-14H,2-9H2,1H3. The molecule has 86 valence electrons. The lowest BCUT2D eigenvalue weighted by molar-refractivity contribution is 0.146. The van der Waals surface area contributed by atoms with Gasteiger partial charge in [0, 0.05) is 25.0 Å². The maximum Gasteiger partial charge on any atom is 0.0558 e. The first-order valence-corrected chi connectivity index (χ1v) is 6.40. The number of nitrogens with zero attached hydrogens (tertiary/aromatic N) is 1. The van der Waals surface area contributed by atoms with Crippen LogP contribution in [0.1, 0.15) is 19.8 Å². The summed E-state index contributed by atoms with van der Waals surface area (Å²) in [5.74, 6) is 0.623. The largest absolute Gasteiger partial charge is 0.395 e. The highest BCUT2D eigenvalue weighted by atomic mass is 79.9. The van der Waals surface area contributed by atoms with E-state index in [0.29, 0.717) is 19.0 Å². The van der Waals surface area contributed by atoms with E-state index in [4.69, 9.17) is 10.2 Å². The highest BCUT2D eigenvalue weighted by Gasteiger charge is 2.11. The lowest BCUT2D eigenvalue weighted by atomic mass is 10.1. The van der Waals surface area contributed by atoms with Gasteiger partial charge in [-0.25, -0.2) is 0 Å². The van der Waals surface area contributed by atoms with Gasteiger partial charge in [-0.1, -0.05) is 29.3 Å². The third-order valence-electron chi connectivity index (χ3n) is 2.26. The molecule has 0 saturated carbocycles. The number of alkyl halides is 1. The number of halogens is 1. The highest BCUT2D eigenvalue weighted by molar-refractivity contribution is 9.09. The summed E-state index contributed by atoms with van der Waals surface area (Å²) >= 11 is 3.50. The number of aliphatic hydroxyl groups is 2. The quantitative estimate of drug-likeness (QED) is 0.615. The van der Waals surface area contributed by atoms with Crippen molar-refractivity contribution in [2.45, 2.75) is 19.8 Å². The van der Waals surface area contributed by atoms with Gasteiger partial charge in [-0.05, 0) is 12.3 Å². The van der Waals surface area contributed by atoms with Gasteiger partial charge >= 0.3 is 0 Å². The Morgan fingerprint density at radius 3 is 2.14 bits per heavy atom. The summed E-state index contributed by atoms with van der Waals surface area (Å²) in [5.41, 5.74) is 0. The maximum absolute atomic E-state index is 8.84. The number of hydrogen-bond acceptors (Lipinski definition) is 3. The predicted molar refractivity (Wildman–Crippen MR) is 62.8 cm³/mol. The third-order valence-corrected chi connectivity index (χ3v) is 3.18. The molecule has 0 spiro atoms. The molecule has 0 aliphatic carbocycles. The second-order valence-electron chi connectivity index (χ2n) is 3.56. The topological polar surface area (TPSA) is 43.7 Å². The molecule has 1 unspecified atom stereocenters. The average Bonchev–Trinajstić information content (AvgIpc) is 2.18. The van der Waals surface area contributed by atoms with Crippen LogP contribution in [-0.2, 0) is 0 Å². The summed E-state index contributed by atoms with van der Waals surface area (Å²) in [4.78, 5) is 2.11. The third kappa shape index (κ3) is 6.76. The van der Waals surface area contributed by atoms with Crippen LogP contribution in [0.5, 0.6) is 0 Å². The van der Waals surface area contributed by atoms with E-state index in [9.17, 15) is 0 Å². The summed E-state index contributed by atoms with van der Waals surface area (Å²) < 4.78 is 0. The summed E-state index contributed by atoms with van der Waals surface area (Å²) in [6, 6.07) is 0. The molecule has 0 amide bonds. The van der Waals surface area contributed by atoms with Gasteiger partial charge in [0.1, 0.15) is 0 Å². The molecule has 0 fully saturated rings. The smallest absolute Gasteiger partial charge is 0.0558 e. The van der Waals surface area contributed by atoms with Crippen molar-refractivity contribution in [3.63, 3.8) is 0 Å². The normalized spacial score (nSPS) is 13.5. The second-order valence-corrected chi connectivity index (χ2v) is 4.20. The van der Waals surface area contributed by atoms with Crippen molar-refractivity contribution < 1.29 is 10.2 Å². The minimum absolute atomic E-state index is 0.168. The summed E-state index contributed by atoms with van der Waals surface area (Å²) in [6.45, 7) is 4.79. The Morgan fingerprint density at radius 2 is 1.79 bits per heavy atom. The second kappa shape index (κ2) is 9.90. The molecular formula is C10H22BrNO2. The molecule has 4 heteroatoms. The molecule has 0 heterocycles. The van der Waals surface area contributed by atoms with Crippen molar-refractivity contribution in [3.05, 3.63) is 0 Å². The number of hydrogen-bond donors (Lipinski definition) is 2. The first-order valence-electron chi connectivity index (χ1n) is 5.28. The maximum atomic E-state index is 8.84. The molecule has 0 radical (unpaired) electrons. The van der Waals surface area contributed by atoms with Crippen molar-refractivity contribution in [3.8, 4) is 0 Å². The molecule has 0 saturated heterocycles. The zero-order valence-corrected chi connectivity index (χ0v) is 10.5. The molecule has 0 rings (SSSR count). The average molecular weight is 268 g/mol. The van der Waals surface area contributed by atoms with Gasteiger partial charge in [0.25, 0.3) is 0 Å². The van der Waals surface area contributed by atoms with Crippen LogP contribution in [0.3, 0.4) is 0 Å². The van der Waals surface area contributed by atoms with Gasteiger partial charge in [-0.2, -0.15) is 0 Å². The Hall–Kier alpha value is 0.360. The number of rotatable bonds is 9. The molecule has 2 N–H and O–H groups in total. The lowest BCUT2D eigenvalue weighted by Gasteiger charge is -2.24. The number of aliphatic hydroxyl groups excluding tert-OH is 2. The minimum Gasteiger partial charge on any atom is -0.395 e. The Balaban J connectivity index is 3.83. The molecule has 0 aromatic rings. The van der Waals surface area contributed by atoms with E-state index >= 15 is 0 Å². The summed E-state index contributed by atoms with van der Waals surface area (Å²) in [7, 11) is 0. The predicted octanol–water partition coefficient (Wildman–Crippen LogP) is 1.08. The molecule has 0 bridgehead atoms. The fraction of sp³-hybridized carbons (Fsp3) is 1.00. The van der Waals surface area contributed by atoms with Crippen molar-refractivity contribution in [2.24, 2.45) is 5.92 Å². The monoisotopic (exact) mass is 267 g/mol. The first kappa shape index (κ1) is 14.4. The molecule has 3 nitrogen and oxygen atoms in total. The van der Waals surface area contributed by atoms with Gasteiger partial charge < -0.3 is 10.2 Å². The summed E-state index contributed by atoms with van der Waals surface area (Å²) in [6.07, 6.45) is 2.38. The molecule has 14 heavy (non-hydrogen) atoms. The van der Waals surface area contributed by atoms with Crippen LogP contribution < -0.4 is 0 Å². The van der Waals surface area contributed by atoms with E-state index in [0.717, 1.165) is 11.9 Å². The Morgan fingerprint density at radius 1 is 1.21 bits per heavy atom. The zero-order chi connectivity index (χ0) is 10.8. The lowest BCUT2D eigenvalue weighted by Crippen LogP contribution is -2.34. The van der Waals surface area contributed by atoms with E-state index < -0.39 is 0 Å². The highest BCUT2D eigenvalue weighted by Crippen LogP contribution is 2.11. The van der Waals surface area contributed by atoms with Gasteiger partial charge in [0.05, 0.1) is 13.2 Å². The molecule has 0 aromatic heterocycles. The van der Waals surface area contributed by atoms with Crippen LogP contribution in [0.25, 0.3) is 0 Å². The van der Waals surface area contributed by atoms with Crippen LogP contribution in [-0.4, -0.2) is 53.3 Å². The van der Waals surface area contributed by atoms with Crippen molar-refractivity contribution in [1.29, 1.82) is 0 Å². The van der Waals surface area contributed by atoms with Crippen LogP contribution in [0.15, 0.2) is 0 Å². The van der Waals surface area contributed by atoms with E-state index in [1.807, 2.05) is 0 Å². The van der Waals surface area contributed by atoms with E-state index in [1.54, 1.807) is 0 Å². The zero-order valence-electron chi connectivity index (χ0n) is 8.95. The van der Waals surface area contributed by atoms with Crippen molar-refractivity contribution in [1.82, 2.24) is 4.90 Å². The Kier molecular flexibility index (Phi) is 10.2. The molecule has 0 aliphatic rings. The van der Waals surface area contributed by atoms with Gasteiger partial charge in [0.15, 0.2) is 0 Å². The Labute approximate surface area is 95.2 Å². The minimum atomic E-state index is 0.168. The van der Waals surface area contributed by atoms with Crippen LogP contribution in [0.2, 0.25) is 0 Å². The van der Waals surface area contributed by atoms with Crippen molar-refractivity contribution in [2.75, 3.05) is 38.2 Å². The molecule has 0 aliphatic heterocycles. The van der Waals surface area contributed by atoms with E-state index in [-0.39, 0.29) is 13.2 Å². The SMILES string of the molecule is CCCC(CBr)CN(CCO)CCO. The van der Waals surface area contributed by atoms with Crippen LogP contribution in [0, 0.1) is 5.92 Å². The molecule has 0 aromatic carbocycles. The molecular weight excluding hydrogens is 246 g/mol. The van der Waals surface area contributed by atoms with Crippen molar-refractivity contribution >= 4 is 15.9 Å². The first-order chi connectivity index (χ1) is 6.78. The van der Waals surface area contributed by atoms with E-state index in [2.05, 4.69) is 27.8 Å². The Bertz CT molecular complexity index is 119. The fourth-order valence-electron chi connectivity index (χ4n) is 1.57. The van der Waals surface area contributed by atoms with Gasteiger partial charge in [0.2, 0.25) is 0 Å². The fourth-order valence-corrected chi connectivity index (χ4v) is 2.10. The summed E-state index contributed by atoms with van der Waals surface area (Å²) in [5, 5.41) is 18.7. The molecule has 1 atom stereocenters. The van der Waals surface area contributed by atoms with Crippen LogP contribution >= 0.6 is 15.9 Å². The van der Waals surface area contributed by atoms with E-state index in [1.165, 1.54) is 12.8 Å². The van der Waals surface area contributed by atoms with Gasteiger partial charge in [-0.3, -0.25) is 4.90 Å².